The van der Waals surface area contributed by atoms with Crippen LogP contribution in [0.25, 0.3) is 0 Å². The molecule has 6 heteroatoms. The highest BCUT2D eigenvalue weighted by molar-refractivity contribution is 5.77. The molecule has 1 N–H and O–H groups in total. The molecule has 0 saturated carbocycles. The third-order valence-electron chi connectivity index (χ3n) is 2.64. The standard InChI is InChI=1S/C13H18F2N2O2/c1-9(16-8-12(18)17(2)3)10-5-4-6-11(7-10)19-13(14)15/h4-7,9,13,16H,8H2,1-3H3. The summed E-state index contributed by atoms with van der Waals surface area (Å²) in [4.78, 5) is 12.9. The van der Waals surface area contributed by atoms with E-state index in [-0.39, 0.29) is 24.2 Å². The Bertz CT molecular complexity index is 425. The van der Waals surface area contributed by atoms with Gasteiger partial charge in [0.05, 0.1) is 6.54 Å². The minimum absolute atomic E-state index is 0.0492. The van der Waals surface area contributed by atoms with Gasteiger partial charge in [-0.25, -0.2) is 0 Å². The van der Waals surface area contributed by atoms with Crippen LogP contribution < -0.4 is 10.1 Å². The van der Waals surface area contributed by atoms with Crippen LogP contribution in [-0.2, 0) is 4.79 Å². The van der Waals surface area contributed by atoms with Crippen molar-refractivity contribution in [2.75, 3.05) is 20.6 Å². The van der Waals surface area contributed by atoms with E-state index < -0.39 is 6.61 Å². The van der Waals surface area contributed by atoms with Crippen molar-refractivity contribution in [3.8, 4) is 5.75 Å². The fourth-order valence-electron chi connectivity index (χ4n) is 1.48. The van der Waals surface area contributed by atoms with Gasteiger partial charge in [0, 0.05) is 20.1 Å². The zero-order chi connectivity index (χ0) is 14.4. The van der Waals surface area contributed by atoms with Crippen LogP contribution in [0.1, 0.15) is 18.5 Å². The maximum atomic E-state index is 12.1. The van der Waals surface area contributed by atoms with Crippen LogP contribution in [0, 0.1) is 0 Å². The van der Waals surface area contributed by atoms with Gasteiger partial charge < -0.3 is 15.0 Å². The summed E-state index contributed by atoms with van der Waals surface area (Å²) in [7, 11) is 3.34. The van der Waals surface area contributed by atoms with E-state index in [2.05, 4.69) is 10.1 Å². The van der Waals surface area contributed by atoms with Crippen LogP contribution in [0.5, 0.6) is 5.75 Å². The monoisotopic (exact) mass is 272 g/mol. The van der Waals surface area contributed by atoms with Crippen LogP contribution in [-0.4, -0.2) is 38.1 Å². The summed E-state index contributed by atoms with van der Waals surface area (Å²) in [5, 5.41) is 3.03. The zero-order valence-corrected chi connectivity index (χ0v) is 11.2. The largest absolute Gasteiger partial charge is 0.435 e. The second-order valence-electron chi connectivity index (χ2n) is 4.34. The van der Waals surface area contributed by atoms with Crippen LogP contribution in [0.3, 0.4) is 0 Å². The first-order chi connectivity index (χ1) is 8.90. The van der Waals surface area contributed by atoms with Crippen LogP contribution in [0.4, 0.5) is 8.78 Å². The number of halogens is 2. The maximum absolute atomic E-state index is 12.1. The number of benzene rings is 1. The van der Waals surface area contributed by atoms with Gasteiger partial charge in [0.15, 0.2) is 0 Å². The molecule has 4 nitrogen and oxygen atoms in total. The van der Waals surface area contributed by atoms with Crippen molar-refractivity contribution in [2.24, 2.45) is 0 Å². The fraction of sp³-hybridized carbons (Fsp3) is 0.462. The van der Waals surface area contributed by atoms with Gasteiger partial charge in [-0.15, -0.1) is 0 Å². The van der Waals surface area contributed by atoms with Crippen molar-refractivity contribution >= 4 is 5.91 Å². The maximum Gasteiger partial charge on any atom is 0.387 e. The van der Waals surface area contributed by atoms with Crippen molar-refractivity contribution in [2.45, 2.75) is 19.6 Å². The Morgan fingerprint density at radius 2 is 2.11 bits per heavy atom. The van der Waals surface area contributed by atoms with Gasteiger partial charge >= 0.3 is 6.61 Å². The molecule has 0 spiro atoms. The Morgan fingerprint density at radius 3 is 2.68 bits per heavy atom. The summed E-state index contributed by atoms with van der Waals surface area (Å²) in [6.07, 6.45) is 0. The summed E-state index contributed by atoms with van der Waals surface area (Å²) in [5.74, 6) is 0.0620. The number of alkyl halides is 2. The van der Waals surface area contributed by atoms with E-state index in [1.54, 1.807) is 26.2 Å². The summed E-state index contributed by atoms with van der Waals surface area (Å²) >= 11 is 0. The smallest absolute Gasteiger partial charge is 0.387 e. The van der Waals surface area contributed by atoms with Crippen molar-refractivity contribution in [3.05, 3.63) is 29.8 Å². The quantitative estimate of drug-likeness (QED) is 0.861. The number of carbonyl (C=O) groups is 1. The average Bonchev–Trinajstić information content (AvgIpc) is 2.34. The Kier molecular flexibility index (Phi) is 5.69. The molecule has 1 aromatic rings. The van der Waals surface area contributed by atoms with Gasteiger partial charge in [-0.2, -0.15) is 8.78 Å². The van der Waals surface area contributed by atoms with Gasteiger partial charge in [-0.3, -0.25) is 4.79 Å². The highest BCUT2D eigenvalue weighted by Gasteiger charge is 2.11. The number of rotatable bonds is 6. The average molecular weight is 272 g/mol. The molecule has 0 aliphatic carbocycles. The number of ether oxygens (including phenoxy) is 1. The molecule has 106 valence electrons. The number of amides is 1. The topological polar surface area (TPSA) is 41.6 Å². The van der Waals surface area contributed by atoms with Gasteiger partial charge in [-0.05, 0) is 24.6 Å². The second kappa shape index (κ2) is 7.04. The third-order valence-corrected chi connectivity index (χ3v) is 2.64. The molecule has 0 aromatic heterocycles. The van der Waals surface area contributed by atoms with Crippen molar-refractivity contribution < 1.29 is 18.3 Å². The fourth-order valence-corrected chi connectivity index (χ4v) is 1.48. The molecule has 0 bridgehead atoms. The first-order valence-corrected chi connectivity index (χ1v) is 5.88. The van der Waals surface area contributed by atoms with Crippen molar-refractivity contribution in [1.82, 2.24) is 10.2 Å². The molecule has 0 fully saturated rings. The van der Waals surface area contributed by atoms with Crippen molar-refractivity contribution in [1.29, 1.82) is 0 Å². The molecule has 1 aromatic carbocycles. The molecule has 0 aliphatic heterocycles. The van der Waals surface area contributed by atoms with Gasteiger partial charge in [-0.1, -0.05) is 12.1 Å². The molecule has 1 amide bonds. The molecule has 0 saturated heterocycles. The highest BCUT2D eigenvalue weighted by Crippen LogP contribution is 2.20. The van der Waals surface area contributed by atoms with Crippen molar-refractivity contribution in [3.63, 3.8) is 0 Å². The van der Waals surface area contributed by atoms with Gasteiger partial charge in [0.1, 0.15) is 5.75 Å². The lowest BCUT2D eigenvalue weighted by Gasteiger charge is -2.17. The molecule has 1 atom stereocenters. The number of hydrogen-bond donors (Lipinski definition) is 1. The number of carbonyl (C=O) groups excluding carboxylic acids is 1. The lowest BCUT2D eigenvalue weighted by molar-refractivity contribution is -0.127. The normalized spacial score (nSPS) is 12.3. The van der Waals surface area contributed by atoms with E-state index in [0.29, 0.717) is 0 Å². The molecule has 0 aliphatic rings. The van der Waals surface area contributed by atoms with Crippen LogP contribution in [0.15, 0.2) is 24.3 Å². The SMILES string of the molecule is CC(NCC(=O)N(C)C)c1cccc(OC(F)F)c1. The molecular weight excluding hydrogens is 254 g/mol. The predicted octanol–water partition coefficient (Wildman–Crippen LogP) is 2.03. The van der Waals surface area contributed by atoms with E-state index in [1.165, 1.54) is 17.0 Å². The number of hydrogen-bond acceptors (Lipinski definition) is 3. The Balaban J connectivity index is 2.61. The molecule has 1 unspecified atom stereocenters. The van der Waals surface area contributed by atoms with Crippen LogP contribution >= 0.6 is 0 Å². The molecule has 1 rings (SSSR count). The molecule has 0 radical (unpaired) electrons. The Hall–Kier alpha value is -1.69. The lowest BCUT2D eigenvalue weighted by Crippen LogP contribution is -2.34. The Morgan fingerprint density at radius 1 is 1.42 bits per heavy atom. The van der Waals surface area contributed by atoms with E-state index in [0.717, 1.165) is 5.56 Å². The minimum atomic E-state index is -2.84. The van der Waals surface area contributed by atoms with Gasteiger partial charge in [0.25, 0.3) is 0 Å². The summed E-state index contributed by atoms with van der Waals surface area (Å²) in [6, 6.07) is 6.29. The van der Waals surface area contributed by atoms with E-state index in [4.69, 9.17) is 0 Å². The second-order valence-corrected chi connectivity index (χ2v) is 4.34. The first-order valence-electron chi connectivity index (χ1n) is 5.88. The third kappa shape index (κ3) is 5.21. The predicted molar refractivity (Wildman–Crippen MR) is 68.2 cm³/mol. The first kappa shape index (κ1) is 15.4. The number of nitrogens with one attached hydrogen (secondary N) is 1. The highest BCUT2D eigenvalue weighted by atomic mass is 19.3. The minimum Gasteiger partial charge on any atom is -0.435 e. The lowest BCUT2D eigenvalue weighted by atomic mass is 10.1. The number of nitrogens with zero attached hydrogens (tertiary/aromatic N) is 1. The molecule has 19 heavy (non-hydrogen) atoms. The summed E-state index contributed by atoms with van der Waals surface area (Å²) < 4.78 is 28.5. The summed E-state index contributed by atoms with van der Waals surface area (Å²) in [6.45, 7) is -0.799. The van der Waals surface area contributed by atoms with E-state index >= 15 is 0 Å². The van der Waals surface area contributed by atoms with E-state index in [9.17, 15) is 13.6 Å². The van der Waals surface area contributed by atoms with E-state index in [1.807, 2.05) is 6.92 Å². The van der Waals surface area contributed by atoms with Gasteiger partial charge in [0.2, 0.25) is 5.91 Å². The number of likely N-dealkylation sites (N-methyl/N-ethyl adjacent to an activating group) is 1. The molecule has 0 heterocycles. The Labute approximate surface area is 111 Å². The summed E-state index contributed by atoms with van der Waals surface area (Å²) in [5.41, 5.74) is 0.782. The van der Waals surface area contributed by atoms with Crippen LogP contribution in [0.2, 0.25) is 0 Å². The molecular formula is C13H18F2N2O2. The zero-order valence-electron chi connectivity index (χ0n) is 11.2.